The summed E-state index contributed by atoms with van der Waals surface area (Å²) in [6.45, 7) is 12.8. The molecule has 0 bridgehead atoms. The van der Waals surface area contributed by atoms with E-state index in [4.69, 9.17) is 4.74 Å². The molecule has 0 aromatic heterocycles. The second-order valence-corrected chi connectivity index (χ2v) is 15.5. The largest absolute Gasteiger partial charge is 0.481 e. The molecule has 39 heavy (non-hydrogen) atoms. The minimum Gasteiger partial charge on any atom is -0.481 e. The number of aliphatic carboxylic acids is 2. The molecule has 7 heteroatoms. The fourth-order valence-corrected chi connectivity index (χ4v) is 10.9. The Hall–Kier alpha value is -1.44. The van der Waals surface area contributed by atoms with Gasteiger partial charge in [0.25, 0.3) is 0 Å². The molecule has 3 fully saturated rings. The van der Waals surface area contributed by atoms with E-state index in [-0.39, 0.29) is 33.7 Å². The Balaban J connectivity index is 1.73. The third-order valence-corrected chi connectivity index (χ3v) is 14.0. The van der Waals surface area contributed by atoms with Crippen LogP contribution in [0.2, 0.25) is 0 Å². The first kappa shape index (κ1) is 29.1. The zero-order chi connectivity index (χ0) is 29.0. The van der Waals surface area contributed by atoms with E-state index in [9.17, 15) is 30.0 Å². The first-order chi connectivity index (χ1) is 18.0. The van der Waals surface area contributed by atoms with E-state index in [0.29, 0.717) is 44.9 Å². The van der Waals surface area contributed by atoms with Crippen molar-refractivity contribution in [3.05, 3.63) is 11.1 Å². The molecule has 5 aliphatic rings. The number of carboxylic acid groups (broad SMARTS) is 2. The number of fused-ring (bicyclic) bond motifs is 6. The van der Waals surface area contributed by atoms with Crippen molar-refractivity contribution in [2.24, 2.45) is 44.3 Å². The number of ether oxygens (including phenoxy) is 1. The highest BCUT2D eigenvalue weighted by Crippen LogP contribution is 2.75. The molecular formula is C32H50O7. The van der Waals surface area contributed by atoms with Crippen molar-refractivity contribution in [3.8, 4) is 0 Å². The molecule has 0 spiro atoms. The van der Waals surface area contributed by atoms with Gasteiger partial charge in [-0.15, -0.1) is 0 Å². The van der Waals surface area contributed by atoms with Crippen molar-refractivity contribution in [2.75, 3.05) is 7.11 Å². The summed E-state index contributed by atoms with van der Waals surface area (Å²) < 4.78 is 6.16. The second-order valence-electron chi connectivity index (χ2n) is 15.5. The number of hydrogen-bond donors (Lipinski definition) is 4. The van der Waals surface area contributed by atoms with E-state index in [1.165, 1.54) is 5.57 Å². The minimum atomic E-state index is -1.22. The Kier molecular flexibility index (Phi) is 6.54. The molecule has 0 aliphatic heterocycles. The van der Waals surface area contributed by atoms with Crippen LogP contribution in [0, 0.1) is 44.3 Å². The van der Waals surface area contributed by atoms with Crippen molar-refractivity contribution in [2.45, 2.75) is 124 Å². The molecule has 0 aromatic carbocycles. The van der Waals surface area contributed by atoms with Crippen LogP contribution in [0.5, 0.6) is 0 Å². The first-order valence-electron chi connectivity index (χ1n) is 15.0. The quantitative estimate of drug-likeness (QED) is 0.348. The molecule has 5 aliphatic carbocycles. The predicted molar refractivity (Wildman–Crippen MR) is 147 cm³/mol. The van der Waals surface area contributed by atoms with Crippen LogP contribution in [-0.2, 0) is 14.3 Å². The number of carbonyl (C=O) groups is 2. The van der Waals surface area contributed by atoms with Crippen molar-refractivity contribution < 1.29 is 34.8 Å². The molecule has 5 rings (SSSR count). The van der Waals surface area contributed by atoms with Gasteiger partial charge >= 0.3 is 11.9 Å². The summed E-state index contributed by atoms with van der Waals surface area (Å²) in [6, 6.07) is 0. The number of carboxylic acids is 2. The van der Waals surface area contributed by atoms with Crippen molar-refractivity contribution in [3.63, 3.8) is 0 Å². The summed E-state index contributed by atoms with van der Waals surface area (Å²) in [5.41, 5.74) is -1.18. The van der Waals surface area contributed by atoms with Gasteiger partial charge < -0.3 is 25.2 Å². The molecule has 0 heterocycles. The maximum Gasteiger partial charge on any atom is 0.312 e. The second kappa shape index (κ2) is 8.78. The van der Waals surface area contributed by atoms with Crippen LogP contribution in [0.4, 0.5) is 0 Å². The van der Waals surface area contributed by atoms with Crippen LogP contribution in [0.1, 0.15) is 106 Å². The number of methoxy groups -OCH3 is 1. The molecule has 0 saturated heterocycles. The van der Waals surface area contributed by atoms with Crippen molar-refractivity contribution >= 4 is 11.9 Å². The monoisotopic (exact) mass is 546 g/mol. The lowest BCUT2D eigenvalue weighted by Gasteiger charge is -2.69. The van der Waals surface area contributed by atoms with Gasteiger partial charge in [-0.2, -0.15) is 0 Å². The average molecular weight is 547 g/mol. The van der Waals surface area contributed by atoms with Gasteiger partial charge in [0.15, 0.2) is 0 Å². The Morgan fingerprint density at radius 2 is 1.54 bits per heavy atom. The molecule has 0 unspecified atom stereocenters. The van der Waals surface area contributed by atoms with Crippen LogP contribution in [0.3, 0.4) is 0 Å². The van der Waals surface area contributed by atoms with Gasteiger partial charge in [-0.05, 0) is 98.7 Å². The Bertz CT molecular complexity index is 1100. The number of allylic oxidation sites excluding steroid dienone is 1. The molecular weight excluding hydrogens is 496 g/mol. The third kappa shape index (κ3) is 3.45. The molecule has 0 aromatic rings. The lowest BCUT2D eigenvalue weighted by molar-refractivity contribution is -0.226. The Morgan fingerprint density at radius 3 is 2.13 bits per heavy atom. The highest BCUT2D eigenvalue weighted by molar-refractivity contribution is 5.77. The molecule has 220 valence electrons. The predicted octanol–water partition coefficient (Wildman–Crippen LogP) is 5.43. The van der Waals surface area contributed by atoms with E-state index >= 15 is 0 Å². The number of aliphatic hydroxyl groups is 2. The van der Waals surface area contributed by atoms with E-state index in [1.54, 1.807) is 14.0 Å². The standard InChI is InChI=1S/C32H50O7/c1-27(2)14-15-32(26(37)38)13-8-20-19(23(32)24(27)34)16-18(39-7)17-30(5)28(20,3)11-9-21-29(30,4)12-10-22(33)31(21,6)25(35)36/h18,21-24,33-34H,8-17H2,1-7H3,(H,35,36)(H,37,38)/t18-,21-,22-,23-,24+,28+,29+,30+,31-,32-/m1/s1. The summed E-state index contributed by atoms with van der Waals surface area (Å²) in [6.07, 6.45) is 4.64. The molecule has 3 saturated carbocycles. The van der Waals surface area contributed by atoms with Crippen LogP contribution in [-0.4, -0.2) is 57.8 Å². The molecule has 4 N–H and O–H groups in total. The number of hydrogen-bond acceptors (Lipinski definition) is 5. The Morgan fingerprint density at radius 1 is 0.872 bits per heavy atom. The van der Waals surface area contributed by atoms with E-state index in [1.807, 2.05) is 0 Å². The normalized spacial score (nSPS) is 51.1. The van der Waals surface area contributed by atoms with Crippen molar-refractivity contribution in [1.82, 2.24) is 0 Å². The summed E-state index contributed by atoms with van der Waals surface area (Å²) in [5.74, 6) is -2.37. The van der Waals surface area contributed by atoms with Crippen LogP contribution < -0.4 is 0 Å². The summed E-state index contributed by atoms with van der Waals surface area (Å²) >= 11 is 0. The van der Waals surface area contributed by atoms with Gasteiger partial charge in [0.1, 0.15) is 0 Å². The molecule has 10 atom stereocenters. The number of aliphatic hydroxyl groups excluding tert-OH is 2. The summed E-state index contributed by atoms with van der Waals surface area (Å²) in [4.78, 5) is 25.7. The Labute approximate surface area is 233 Å². The zero-order valence-electron chi connectivity index (χ0n) is 25.0. The maximum absolute atomic E-state index is 13.0. The maximum atomic E-state index is 13.0. The first-order valence-corrected chi connectivity index (χ1v) is 15.0. The van der Waals surface area contributed by atoms with Gasteiger partial charge in [0, 0.05) is 13.0 Å². The SMILES string of the molecule is CO[C@@H]1CC2=C(CC[C@@]3(C(=O)O)CCC(C)(C)[C@@H](O)[C@@H]23)[C@]2(C)CC[C@H]3[C@@](C)(C(=O)O)[C@H](O)CC[C@]3(C)[C@@]2(C)C1. The summed E-state index contributed by atoms with van der Waals surface area (Å²) in [7, 11) is 1.72. The third-order valence-electron chi connectivity index (χ3n) is 14.0. The van der Waals surface area contributed by atoms with Gasteiger partial charge in [0.2, 0.25) is 0 Å². The van der Waals surface area contributed by atoms with Gasteiger partial charge in [-0.3, -0.25) is 9.59 Å². The molecule has 0 amide bonds. The minimum absolute atomic E-state index is 0.165. The number of rotatable bonds is 3. The van der Waals surface area contributed by atoms with Crippen LogP contribution in [0.25, 0.3) is 0 Å². The lowest BCUT2D eigenvalue weighted by Crippen LogP contribution is -2.66. The van der Waals surface area contributed by atoms with E-state index < -0.39 is 40.9 Å². The van der Waals surface area contributed by atoms with Gasteiger partial charge in [0.05, 0.1) is 29.1 Å². The average Bonchev–Trinajstić information content (AvgIpc) is 2.96. The van der Waals surface area contributed by atoms with Crippen LogP contribution >= 0.6 is 0 Å². The smallest absolute Gasteiger partial charge is 0.312 e. The van der Waals surface area contributed by atoms with Gasteiger partial charge in [-0.1, -0.05) is 45.8 Å². The summed E-state index contributed by atoms with van der Waals surface area (Å²) in [5, 5.41) is 43.9. The molecule has 0 radical (unpaired) electrons. The fraction of sp³-hybridized carbons (Fsp3) is 0.875. The molecule has 7 nitrogen and oxygen atoms in total. The topological polar surface area (TPSA) is 124 Å². The van der Waals surface area contributed by atoms with Crippen molar-refractivity contribution in [1.29, 1.82) is 0 Å². The highest BCUT2D eigenvalue weighted by atomic mass is 16.5. The van der Waals surface area contributed by atoms with Gasteiger partial charge in [-0.25, -0.2) is 0 Å². The lowest BCUT2D eigenvalue weighted by atomic mass is 9.35. The zero-order valence-corrected chi connectivity index (χ0v) is 25.0. The van der Waals surface area contributed by atoms with E-state index in [0.717, 1.165) is 24.8 Å². The van der Waals surface area contributed by atoms with Crippen LogP contribution in [0.15, 0.2) is 11.1 Å². The highest BCUT2D eigenvalue weighted by Gasteiger charge is 2.71. The fourth-order valence-electron chi connectivity index (χ4n) is 10.9. The van der Waals surface area contributed by atoms with E-state index in [2.05, 4.69) is 34.6 Å².